The highest BCUT2D eigenvalue weighted by Crippen LogP contribution is 2.16. The summed E-state index contributed by atoms with van der Waals surface area (Å²) in [6, 6.07) is 11.5. The number of nitrogens with one attached hydrogen (secondary N) is 1. The minimum atomic E-state index is -0.498. The Bertz CT molecular complexity index is 551. The lowest BCUT2D eigenvalue weighted by Gasteiger charge is -2.12. The summed E-state index contributed by atoms with van der Waals surface area (Å²) in [5.41, 5.74) is 8.33. The maximum absolute atomic E-state index is 12.0. The standard InChI is InChI=1S/C16H20N2OS/c1-2-13-8-9-20-15(13)11-18-16(19)14(17)10-12-6-4-3-5-7-12/h3-9,14H,2,10-11,17H2,1H3,(H,18,19). The molecular formula is C16H20N2OS. The topological polar surface area (TPSA) is 55.1 Å². The molecule has 0 aliphatic rings. The molecule has 1 atom stereocenters. The molecule has 1 aromatic heterocycles. The molecule has 2 rings (SSSR count). The van der Waals surface area contributed by atoms with Crippen molar-refractivity contribution in [1.29, 1.82) is 0 Å². The number of hydrogen-bond acceptors (Lipinski definition) is 3. The predicted octanol–water partition coefficient (Wildman–Crippen LogP) is 2.50. The van der Waals surface area contributed by atoms with Gasteiger partial charge in [-0.3, -0.25) is 4.79 Å². The van der Waals surface area contributed by atoms with Crippen molar-refractivity contribution in [2.24, 2.45) is 5.73 Å². The summed E-state index contributed by atoms with van der Waals surface area (Å²) in [6.07, 6.45) is 1.56. The molecule has 0 aliphatic heterocycles. The van der Waals surface area contributed by atoms with Crippen molar-refractivity contribution >= 4 is 17.2 Å². The number of carbonyl (C=O) groups is 1. The minimum absolute atomic E-state index is 0.0932. The molecule has 2 aromatic rings. The Morgan fingerprint density at radius 1 is 1.30 bits per heavy atom. The minimum Gasteiger partial charge on any atom is -0.350 e. The van der Waals surface area contributed by atoms with Crippen LogP contribution >= 0.6 is 11.3 Å². The third-order valence-electron chi connectivity index (χ3n) is 3.28. The van der Waals surface area contributed by atoms with Crippen molar-refractivity contribution in [2.45, 2.75) is 32.4 Å². The van der Waals surface area contributed by atoms with Crippen molar-refractivity contribution in [2.75, 3.05) is 0 Å². The summed E-state index contributed by atoms with van der Waals surface area (Å²) in [6.45, 7) is 2.69. The Balaban J connectivity index is 1.85. The fourth-order valence-corrected chi connectivity index (χ4v) is 3.01. The third-order valence-corrected chi connectivity index (χ3v) is 4.24. The zero-order chi connectivity index (χ0) is 14.4. The molecule has 0 fully saturated rings. The molecule has 1 amide bonds. The number of amides is 1. The smallest absolute Gasteiger partial charge is 0.237 e. The molecule has 3 N–H and O–H groups in total. The molecule has 0 saturated heterocycles. The zero-order valence-electron chi connectivity index (χ0n) is 11.6. The third kappa shape index (κ3) is 3.92. The normalized spacial score (nSPS) is 12.1. The van der Waals surface area contributed by atoms with E-state index in [1.807, 2.05) is 30.3 Å². The van der Waals surface area contributed by atoms with E-state index in [-0.39, 0.29) is 5.91 Å². The van der Waals surface area contributed by atoms with Gasteiger partial charge in [-0.15, -0.1) is 11.3 Å². The Kier molecular flexibility index (Phi) is 5.32. The van der Waals surface area contributed by atoms with Crippen LogP contribution in [0, 0.1) is 0 Å². The average Bonchev–Trinajstić information content (AvgIpc) is 2.93. The second kappa shape index (κ2) is 7.22. The van der Waals surface area contributed by atoms with E-state index >= 15 is 0 Å². The van der Waals surface area contributed by atoms with Crippen LogP contribution in [0.15, 0.2) is 41.8 Å². The van der Waals surface area contributed by atoms with Gasteiger partial charge in [0.1, 0.15) is 0 Å². The Morgan fingerprint density at radius 2 is 2.05 bits per heavy atom. The lowest BCUT2D eigenvalue weighted by molar-refractivity contribution is -0.122. The van der Waals surface area contributed by atoms with Crippen molar-refractivity contribution in [1.82, 2.24) is 5.32 Å². The van der Waals surface area contributed by atoms with Gasteiger partial charge in [-0.05, 0) is 35.4 Å². The lowest BCUT2D eigenvalue weighted by Crippen LogP contribution is -2.41. The van der Waals surface area contributed by atoms with Gasteiger partial charge in [0.25, 0.3) is 0 Å². The molecule has 0 saturated carbocycles. The summed E-state index contributed by atoms with van der Waals surface area (Å²) < 4.78 is 0. The first-order valence-electron chi connectivity index (χ1n) is 6.83. The van der Waals surface area contributed by atoms with Crippen LogP contribution in [0.25, 0.3) is 0 Å². The molecule has 0 aliphatic carbocycles. The number of aryl methyl sites for hydroxylation is 1. The predicted molar refractivity (Wildman–Crippen MR) is 83.7 cm³/mol. The fourth-order valence-electron chi connectivity index (χ4n) is 2.10. The SMILES string of the molecule is CCc1ccsc1CNC(=O)C(N)Cc1ccccc1. The first-order valence-corrected chi connectivity index (χ1v) is 7.71. The van der Waals surface area contributed by atoms with Gasteiger partial charge in [-0.25, -0.2) is 0 Å². The highest BCUT2D eigenvalue weighted by atomic mass is 32.1. The van der Waals surface area contributed by atoms with E-state index in [9.17, 15) is 4.79 Å². The van der Waals surface area contributed by atoms with Crippen LogP contribution < -0.4 is 11.1 Å². The zero-order valence-corrected chi connectivity index (χ0v) is 12.5. The lowest BCUT2D eigenvalue weighted by atomic mass is 10.1. The molecule has 3 nitrogen and oxygen atoms in total. The quantitative estimate of drug-likeness (QED) is 0.858. The summed E-state index contributed by atoms with van der Waals surface area (Å²) in [5, 5.41) is 4.99. The summed E-state index contributed by atoms with van der Waals surface area (Å²) >= 11 is 1.68. The van der Waals surface area contributed by atoms with Gasteiger partial charge in [-0.2, -0.15) is 0 Å². The van der Waals surface area contributed by atoms with Gasteiger partial charge in [0.05, 0.1) is 12.6 Å². The Hall–Kier alpha value is -1.65. The van der Waals surface area contributed by atoms with E-state index < -0.39 is 6.04 Å². The van der Waals surface area contributed by atoms with Crippen LogP contribution in [0.4, 0.5) is 0 Å². The molecule has 106 valence electrons. The van der Waals surface area contributed by atoms with Gasteiger partial charge in [0.2, 0.25) is 5.91 Å². The Morgan fingerprint density at radius 3 is 2.75 bits per heavy atom. The van der Waals surface area contributed by atoms with Crippen LogP contribution in [0.5, 0.6) is 0 Å². The van der Waals surface area contributed by atoms with E-state index in [1.54, 1.807) is 11.3 Å². The number of nitrogens with two attached hydrogens (primary N) is 1. The molecule has 0 radical (unpaired) electrons. The molecular weight excluding hydrogens is 268 g/mol. The van der Waals surface area contributed by atoms with E-state index in [0.717, 1.165) is 12.0 Å². The van der Waals surface area contributed by atoms with Crippen molar-refractivity contribution < 1.29 is 4.79 Å². The highest BCUT2D eigenvalue weighted by molar-refractivity contribution is 7.10. The number of rotatable bonds is 6. The van der Waals surface area contributed by atoms with Crippen molar-refractivity contribution in [3.05, 3.63) is 57.8 Å². The van der Waals surface area contributed by atoms with E-state index in [0.29, 0.717) is 13.0 Å². The van der Waals surface area contributed by atoms with Crippen LogP contribution in [-0.4, -0.2) is 11.9 Å². The molecule has 20 heavy (non-hydrogen) atoms. The Labute approximate surface area is 123 Å². The molecule has 0 bridgehead atoms. The number of carbonyl (C=O) groups excluding carboxylic acids is 1. The number of benzene rings is 1. The summed E-state index contributed by atoms with van der Waals surface area (Å²) in [7, 11) is 0. The van der Waals surface area contributed by atoms with Crippen LogP contribution in [0.2, 0.25) is 0 Å². The first-order chi connectivity index (χ1) is 9.70. The maximum atomic E-state index is 12.0. The van der Waals surface area contributed by atoms with Gasteiger partial charge in [0.15, 0.2) is 0 Å². The summed E-state index contributed by atoms with van der Waals surface area (Å²) in [4.78, 5) is 13.2. The molecule has 1 unspecified atom stereocenters. The second-order valence-electron chi connectivity index (χ2n) is 4.74. The molecule has 1 heterocycles. The monoisotopic (exact) mass is 288 g/mol. The summed E-state index contributed by atoms with van der Waals surface area (Å²) in [5.74, 6) is -0.0932. The van der Waals surface area contributed by atoms with Crippen molar-refractivity contribution in [3.8, 4) is 0 Å². The van der Waals surface area contributed by atoms with Gasteiger partial charge < -0.3 is 11.1 Å². The highest BCUT2D eigenvalue weighted by Gasteiger charge is 2.14. The molecule has 1 aromatic carbocycles. The molecule has 0 spiro atoms. The van der Waals surface area contributed by atoms with E-state index in [2.05, 4.69) is 23.7 Å². The van der Waals surface area contributed by atoms with E-state index in [1.165, 1.54) is 10.4 Å². The van der Waals surface area contributed by atoms with Crippen LogP contribution in [0.3, 0.4) is 0 Å². The average molecular weight is 288 g/mol. The fraction of sp³-hybridized carbons (Fsp3) is 0.312. The van der Waals surface area contributed by atoms with Crippen LogP contribution in [-0.2, 0) is 24.2 Å². The van der Waals surface area contributed by atoms with Crippen molar-refractivity contribution in [3.63, 3.8) is 0 Å². The van der Waals surface area contributed by atoms with Gasteiger partial charge >= 0.3 is 0 Å². The van der Waals surface area contributed by atoms with E-state index in [4.69, 9.17) is 5.73 Å². The van der Waals surface area contributed by atoms with Gasteiger partial charge in [0, 0.05) is 4.88 Å². The first kappa shape index (κ1) is 14.8. The maximum Gasteiger partial charge on any atom is 0.237 e. The van der Waals surface area contributed by atoms with Crippen LogP contribution in [0.1, 0.15) is 22.9 Å². The number of hydrogen-bond donors (Lipinski definition) is 2. The number of thiophene rings is 1. The largest absolute Gasteiger partial charge is 0.350 e. The molecule has 4 heteroatoms. The second-order valence-corrected chi connectivity index (χ2v) is 5.74. The van der Waals surface area contributed by atoms with Gasteiger partial charge in [-0.1, -0.05) is 37.3 Å².